The first-order chi connectivity index (χ1) is 9.06. The summed E-state index contributed by atoms with van der Waals surface area (Å²) in [6.07, 6.45) is -0.745. The van der Waals surface area contributed by atoms with Gasteiger partial charge in [0.1, 0.15) is 0 Å². The maximum atomic E-state index is 11.7. The van der Waals surface area contributed by atoms with Gasteiger partial charge in [0, 0.05) is 20.0 Å². The van der Waals surface area contributed by atoms with E-state index < -0.39 is 6.10 Å². The molecule has 2 rings (SSSR count). The van der Waals surface area contributed by atoms with Gasteiger partial charge in [-0.1, -0.05) is 30.3 Å². The van der Waals surface area contributed by atoms with E-state index in [9.17, 15) is 14.7 Å². The Labute approximate surface area is 112 Å². The van der Waals surface area contributed by atoms with Gasteiger partial charge >= 0.3 is 0 Å². The Morgan fingerprint density at radius 1 is 1.37 bits per heavy atom. The Kier molecular flexibility index (Phi) is 4.16. The number of aliphatic hydroxyl groups is 1. The van der Waals surface area contributed by atoms with E-state index in [0.717, 1.165) is 5.56 Å². The van der Waals surface area contributed by atoms with Crippen molar-refractivity contribution < 1.29 is 14.7 Å². The number of hydrogen-bond donors (Lipinski definition) is 2. The lowest BCUT2D eigenvalue weighted by molar-refractivity contribution is -0.136. The van der Waals surface area contributed by atoms with Crippen LogP contribution in [0.15, 0.2) is 30.3 Å². The van der Waals surface area contributed by atoms with Crippen molar-refractivity contribution in [3.63, 3.8) is 0 Å². The highest BCUT2D eigenvalue weighted by Crippen LogP contribution is 2.16. The largest absolute Gasteiger partial charge is 0.388 e. The van der Waals surface area contributed by atoms with Crippen molar-refractivity contribution in [1.82, 2.24) is 10.2 Å². The topological polar surface area (TPSA) is 69.6 Å². The Bertz CT molecular complexity index is 455. The molecule has 0 bridgehead atoms. The summed E-state index contributed by atoms with van der Waals surface area (Å²) in [6.45, 7) is 2.63. The lowest BCUT2D eigenvalue weighted by Crippen LogP contribution is -2.60. The first-order valence-corrected chi connectivity index (χ1v) is 6.34. The molecule has 1 aliphatic heterocycles. The third-order valence-corrected chi connectivity index (χ3v) is 3.26. The number of rotatable bonds is 4. The molecule has 102 valence electrons. The fraction of sp³-hybridized carbons (Fsp3) is 0.429. The van der Waals surface area contributed by atoms with E-state index in [1.807, 2.05) is 18.2 Å². The number of nitrogens with zero attached hydrogens (tertiary/aromatic N) is 1. The zero-order valence-electron chi connectivity index (χ0n) is 10.9. The molecule has 0 saturated carbocycles. The fourth-order valence-electron chi connectivity index (χ4n) is 2.08. The van der Waals surface area contributed by atoms with Crippen LogP contribution in [0.5, 0.6) is 0 Å². The Balaban J connectivity index is 1.75. The molecule has 2 N–H and O–H groups in total. The van der Waals surface area contributed by atoms with Crippen molar-refractivity contribution in [3.05, 3.63) is 35.9 Å². The monoisotopic (exact) mass is 262 g/mol. The van der Waals surface area contributed by atoms with Crippen LogP contribution in [0.4, 0.5) is 0 Å². The van der Waals surface area contributed by atoms with Crippen LogP contribution in [0, 0.1) is 0 Å². The van der Waals surface area contributed by atoms with Gasteiger partial charge in [-0.25, -0.2) is 0 Å². The number of amides is 2. The van der Waals surface area contributed by atoms with Crippen molar-refractivity contribution in [2.75, 3.05) is 13.1 Å². The highest BCUT2D eigenvalue weighted by Gasteiger charge is 2.29. The van der Waals surface area contributed by atoms with Crippen LogP contribution < -0.4 is 5.32 Å². The van der Waals surface area contributed by atoms with Crippen molar-refractivity contribution in [2.45, 2.75) is 25.5 Å². The van der Waals surface area contributed by atoms with Gasteiger partial charge in [0.05, 0.1) is 18.6 Å². The summed E-state index contributed by atoms with van der Waals surface area (Å²) < 4.78 is 0. The number of carbonyl (C=O) groups excluding carboxylic acids is 2. The van der Waals surface area contributed by atoms with Crippen LogP contribution in [-0.2, 0) is 9.59 Å². The molecule has 1 fully saturated rings. The van der Waals surface area contributed by atoms with Crippen molar-refractivity contribution in [3.8, 4) is 0 Å². The molecule has 0 aromatic heterocycles. The van der Waals surface area contributed by atoms with E-state index in [4.69, 9.17) is 0 Å². The van der Waals surface area contributed by atoms with E-state index in [0.29, 0.717) is 13.1 Å². The maximum absolute atomic E-state index is 11.7. The summed E-state index contributed by atoms with van der Waals surface area (Å²) in [7, 11) is 0. The number of nitrogens with one attached hydrogen (secondary N) is 1. The molecule has 1 unspecified atom stereocenters. The van der Waals surface area contributed by atoms with Crippen LogP contribution in [-0.4, -0.2) is 41.0 Å². The molecule has 1 aromatic carbocycles. The molecule has 19 heavy (non-hydrogen) atoms. The average Bonchev–Trinajstić information content (AvgIpc) is 2.33. The summed E-state index contributed by atoms with van der Waals surface area (Å²) >= 11 is 0. The third kappa shape index (κ3) is 3.54. The Morgan fingerprint density at radius 3 is 2.58 bits per heavy atom. The molecular weight excluding hydrogens is 244 g/mol. The van der Waals surface area contributed by atoms with E-state index in [1.54, 1.807) is 17.0 Å². The number of benzene rings is 1. The highest BCUT2D eigenvalue weighted by atomic mass is 16.3. The van der Waals surface area contributed by atoms with E-state index in [1.165, 1.54) is 6.92 Å². The second-order valence-electron chi connectivity index (χ2n) is 4.82. The number of likely N-dealkylation sites (tertiary alicyclic amines) is 1. The van der Waals surface area contributed by atoms with Crippen molar-refractivity contribution >= 4 is 11.8 Å². The Morgan fingerprint density at radius 2 is 2.00 bits per heavy atom. The lowest BCUT2D eigenvalue weighted by Gasteiger charge is -2.39. The lowest BCUT2D eigenvalue weighted by atomic mass is 10.1. The molecule has 1 heterocycles. The van der Waals surface area contributed by atoms with Gasteiger partial charge in [0.25, 0.3) is 0 Å². The molecular formula is C14H18N2O3. The normalized spacial score (nSPS) is 16.6. The van der Waals surface area contributed by atoms with E-state index in [-0.39, 0.29) is 24.3 Å². The second-order valence-corrected chi connectivity index (χ2v) is 4.82. The molecule has 5 nitrogen and oxygen atoms in total. The molecule has 1 atom stereocenters. The zero-order chi connectivity index (χ0) is 13.8. The maximum Gasteiger partial charge on any atom is 0.223 e. The van der Waals surface area contributed by atoms with Gasteiger partial charge < -0.3 is 15.3 Å². The second kappa shape index (κ2) is 5.84. The van der Waals surface area contributed by atoms with Crippen LogP contribution in [0.2, 0.25) is 0 Å². The summed E-state index contributed by atoms with van der Waals surface area (Å²) in [5, 5.41) is 12.7. The summed E-state index contributed by atoms with van der Waals surface area (Å²) in [5.41, 5.74) is 0.733. The predicted octanol–water partition coefficient (Wildman–Crippen LogP) is 0.457. The summed E-state index contributed by atoms with van der Waals surface area (Å²) in [6, 6.07) is 9.11. The minimum atomic E-state index is -0.787. The highest BCUT2D eigenvalue weighted by molar-refractivity contribution is 5.78. The number of carbonyl (C=O) groups is 2. The predicted molar refractivity (Wildman–Crippen MR) is 70.2 cm³/mol. The Hall–Kier alpha value is -1.88. The molecule has 0 spiro atoms. The molecule has 0 radical (unpaired) electrons. The van der Waals surface area contributed by atoms with Gasteiger partial charge in [-0.2, -0.15) is 0 Å². The number of hydrogen-bond acceptors (Lipinski definition) is 3. The van der Waals surface area contributed by atoms with Crippen molar-refractivity contribution in [1.29, 1.82) is 0 Å². The van der Waals surface area contributed by atoms with Gasteiger partial charge in [-0.05, 0) is 5.56 Å². The molecule has 1 saturated heterocycles. The molecule has 1 aromatic rings. The average molecular weight is 262 g/mol. The quantitative estimate of drug-likeness (QED) is 0.828. The van der Waals surface area contributed by atoms with Crippen LogP contribution in [0.1, 0.15) is 25.0 Å². The summed E-state index contributed by atoms with van der Waals surface area (Å²) in [4.78, 5) is 24.4. The summed E-state index contributed by atoms with van der Waals surface area (Å²) in [5.74, 6) is -0.167. The minimum absolute atomic E-state index is 0.0133. The number of aliphatic hydroxyl groups excluding tert-OH is 1. The third-order valence-electron chi connectivity index (χ3n) is 3.26. The fourth-order valence-corrected chi connectivity index (χ4v) is 2.08. The molecule has 2 amide bonds. The first-order valence-electron chi connectivity index (χ1n) is 6.34. The van der Waals surface area contributed by atoms with E-state index in [2.05, 4.69) is 5.32 Å². The van der Waals surface area contributed by atoms with Gasteiger partial charge in [-0.3, -0.25) is 9.59 Å². The van der Waals surface area contributed by atoms with Gasteiger partial charge in [-0.15, -0.1) is 0 Å². The van der Waals surface area contributed by atoms with E-state index >= 15 is 0 Å². The van der Waals surface area contributed by atoms with Crippen molar-refractivity contribution in [2.24, 2.45) is 0 Å². The van der Waals surface area contributed by atoms with Crippen LogP contribution >= 0.6 is 0 Å². The molecule has 5 heteroatoms. The standard InChI is InChI=1S/C14H18N2O3/c1-10(17)16-8-12(9-16)15-14(19)7-13(18)11-5-3-2-4-6-11/h2-6,12-13,18H,7-9H2,1H3,(H,15,19). The smallest absolute Gasteiger partial charge is 0.223 e. The zero-order valence-corrected chi connectivity index (χ0v) is 10.9. The molecule has 0 aliphatic carbocycles. The first kappa shape index (κ1) is 13.5. The van der Waals surface area contributed by atoms with Gasteiger partial charge in [0.15, 0.2) is 0 Å². The van der Waals surface area contributed by atoms with Gasteiger partial charge in [0.2, 0.25) is 11.8 Å². The minimum Gasteiger partial charge on any atom is -0.388 e. The SMILES string of the molecule is CC(=O)N1CC(NC(=O)CC(O)c2ccccc2)C1. The van der Waals surface area contributed by atoms with Crippen LogP contribution in [0.25, 0.3) is 0 Å². The molecule has 1 aliphatic rings. The van der Waals surface area contributed by atoms with Crippen LogP contribution in [0.3, 0.4) is 0 Å².